The molecule has 19 heavy (non-hydrogen) atoms. The van der Waals surface area contributed by atoms with Crippen LogP contribution in [0.2, 0.25) is 0 Å². The lowest BCUT2D eigenvalue weighted by atomic mass is 9.98. The number of hydrogen-bond acceptors (Lipinski definition) is 3. The number of nitrogens with one attached hydrogen (secondary N) is 1. The number of benzene rings is 1. The van der Waals surface area contributed by atoms with Gasteiger partial charge in [-0.25, -0.2) is 9.37 Å². The Kier molecular flexibility index (Phi) is 4.12. The summed E-state index contributed by atoms with van der Waals surface area (Å²) in [5.41, 5.74) is 8.91. The first-order valence-corrected chi connectivity index (χ1v) is 6.32. The number of anilines is 1. The molecule has 1 unspecified atom stereocenters. The smallest absolute Gasteiger partial charge is 0.128 e. The van der Waals surface area contributed by atoms with Gasteiger partial charge in [0, 0.05) is 11.8 Å². The van der Waals surface area contributed by atoms with Gasteiger partial charge in [-0.05, 0) is 42.8 Å². The van der Waals surface area contributed by atoms with Gasteiger partial charge in [0.15, 0.2) is 0 Å². The summed E-state index contributed by atoms with van der Waals surface area (Å²) in [5, 5.41) is 3.36. The van der Waals surface area contributed by atoms with Gasteiger partial charge in [-0.3, -0.25) is 0 Å². The average molecular weight is 259 g/mol. The standard InChI is InChI=1S/C15H18FN3/c1-3-18-14(11-4-6-12(16)7-5-11)13-8-10(2)9-19-15(13)17/h4-9,14,18H,3H2,1-2H3,(H2,17,19). The SMILES string of the molecule is CCNC(c1ccc(F)cc1)c1cc(C)cnc1N. The number of nitrogen functional groups attached to an aromatic ring is 1. The quantitative estimate of drug-likeness (QED) is 0.887. The summed E-state index contributed by atoms with van der Waals surface area (Å²) in [4.78, 5) is 4.19. The van der Waals surface area contributed by atoms with Crippen molar-refractivity contribution in [2.75, 3.05) is 12.3 Å². The highest BCUT2D eigenvalue weighted by atomic mass is 19.1. The summed E-state index contributed by atoms with van der Waals surface area (Å²) >= 11 is 0. The van der Waals surface area contributed by atoms with Crippen molar-refractivity contribution in [2.45, 2.75) is 19.9 Å². The number of rotatable bonds is 4. The van der Waals surface area contributed by atoms with Gasteiger partial charge >= 0.3 is 0 Å². The first-order chi connectivity index (χ1) is 9.11. The predicted molar refractivity (Wildman–Crippen MR) is 75.3 cm³/mol. The maximum atomic E-state index is 13.0. The molecule has 0 aliphatic rings. The number of aryl methyl sites for hydroxylation is 1. The molecule has 0 aliphatic carbocycles. The van der Waals surface area contributed by atoms with E-state index in [4.69, 9.17) is 5.73 Å². The maximum absolute atomic E-state index is 13.0. The molecule has 0 bridgehead atoms. The molecule has 3 nitrogen and oxygen atoms in total. The van der Waals surface area contributed by atoms with Gasteiger partial charge in [0.05, 0.1) is 6.04 Å². The summed E-state index contributed by atoms with van der Waals surface area (Å²) in [7, 11) is 0. The molecule has 1 aromatic heterocycles. The van der Waals surface area contributed by atoms with E-state index in [1.807, 2.05) is 19.9 Å². The highest BCUT2D eigenvalue weighted by Crippen LogP contribution is 2.26. The fourth-order valence-corrected chi connectivity index (χ4v) is 2.10. The van der Waals surface area contributed by atoms with Crippen molar-refractivity contribution in [2.24, 2.45) is 0 Å². The molecule has 0 fully saturated rings. The van der Waals surface area contributed by atoms with E-state index in [2.05, 4.69) is 10.3 Å². The van der Waals surface area contributed by atoms with Gasteiger partial charge in [0.1, 0.15) is 11.6 Å². The third kappa shape index (κ3) is 3.09. The van der Waals surface area contributed by atoms with Crippen LogP contribution in [-0.2, 0) is 0 Å². The topological polar surface area (TPSA) is 50.9 Å². The van der Waals surface area contributed by atoms with E-state index < -0.39 is 0 Å². The maximum Gasteiger partial charge on any atom is 0.128 e. The van der Waals surface area contributed by atoms with E-state index >= 15 is 0 Å². The molecule has 1 aromatic carbocycles. The van der Waals surface area contributed by atoms with E-state index in [1.165, 1.54) is 12.1 Å². The lowest BCUT2D eigenvalue weighted by Gasteiger charge is -2.20. The van der Waals surface area contributed by atoms with E-state index in [9.17, 15) is 4.39 Å². The monoisotopic (exact) mass is 259 g/mol. The second-order valence-corrected chi connectivity index (χ2v) is 4.53. The van der Waals surface area contributed by atoms with E-state index in [0.29, 0.717) is 5.82 Å². The molecule has 3 N–H and O–H groups in total. The normalized spacial score (nSPS) is 12.4. The minimum absolute atomic E-state index is 0.0713. The highest BCUT2D eigenvalue weighted by molar-refractivity contribution is 5.47. The Bertz CT molecular complexity index is 552. The second kappa shape index (κ2) is 5.80. The summed E-state index contributed by atoms with van der Waals surface area (Å²) in [5.74, 6) is 0.259. The molecule has 2 aromatic rings. The van der Waals surface area contributed by atoms with Crippen LogP contribution in [0.15, 0.2) is 36.5 Å². The van der Waals surface area contributed by atoms with Crippen molar-refractivity contribution in [3.8, 4) is 0 Å². The highest BCUT2D eigenvalue weighted by Gasteiger charge is 2.16. The zero-order chi connectivity index (χ0) is 13.8. The number of nitrogens with two attached hydrogens (primary N) is 1. The van der Waals surface area contributed by atoms with Crippen molar-refractivity contribution in [1.82, 2.24) is 10.3 Å². The Morgan fingerprint density at radius 3 is 2.63 bits per heavy atom. The van der Waals surface area contributed by atoms with Crippen LogP contribution in [0.25, 0.3) is 0 Å². The van der Waals surface area contributed by atoms with E-state index in [0.717, 1.165) is 23.2 Å². The molecule has 0 radical (unpaired) electrons. The van der Waals surface area contributed by atoms with Crippen molar-refractivity contribution in [1.29, 1.82) is 0 Å². The van der Waals surface area contributed by atoms with Gasteiger partial charge in [-0.1, -0.05) is 19.1 Å². The first kappa shape index (κ1) is 13.5. The molecule has 4 heteroatoms. The molecule has 1 atom stereocenters. The van der Waals surface area contributed by atoms with Crippen LogP contribution < -0.4 is 11.1 Å². The molecule has 0 saturated heterocycles. The van der Waals surface area contributed by atoms with E-state index in [1.54, 1.807) is 18.3 Å². The number of halogens is 1. The van der Waals surface area contributed by atoms with Crippen LogP contribution in [-0.4, -0.2) is 11.5 Å². The van der Waals surface area contributed by atoms with Crippen LogP contribution >= 0.6 is 0 Å². The van der Waals surface area contributed by atoms with Crippen LogP contribution in [0.4, 0.5) is 10.2 Å². The van der Waals surface area contributed by atoms with Gasteiger partial charge in [-0.15, -0.1) is 0 Å². The largest absolute Gasteiger partial charge is 0.383 e. The number of hydrogen-bond donors (Lipinski definition) is 2. The zero-order valence-electron chi connectivity index (χ0n) is 11.2. The lowest BCUT2D eigenvalue weighted by molar-refractivity contribution is 0.613. The molecular weight excluding hydrogens is 241 g/mol. The lowest BCUT2D eigenvalue weighted by Crippen LogP contribution is -2.23. The van der Waals surface area contributed by atoms with Crippen molar-refractivity contribution >= 4 is 5.82 Å². The van der Waals surface area contributed by atoms with Crippen LogP contribution in [0.1, 0.15) is 29.7 Å². The van der Waals surface area contributed by atoms with Crippen LogP contribution in [0, 0.1) is 12.7 Å². The Morgan fingerprint density at radius 2 is 2.00 bits per heavy atom. The second-order valence-electron chi connectivity index (χ2n) is 4.53. The van der Waals surface area contributed by atoms with E-state index in [-0.39, 0.29) is 11.9 Å². The first-order valence-electron chi connectivity index (χ1n) is 6.32. The molecule has 0 amide bonds. The van der Waals surface area contributed by atoms with Gasteiger partial charge in [0.2, 0.25) is 0 Å². The molecule has 100 valence electrons. The molecule has 0 spiro atoms. The van der Waals surface area contributed by atoms with Gasteiger partial charge in [-0.2, -0.15) is 0 Å². The molecule has 1 heterocycles. The third-order valence-electron chi connectivity index (χ3n) is 3.01. The third-order valence-corrected chi connectivity index (χ3v) is 3.01. The Hall–Kier alpha value is -1.94. The molecule has 0 aliphatic heterocycles. The minimum Gasteiger partial charge on any atom is -0.383 e. The summed E-state index contributed by atoms with van der Waals surface area (Å²) in [6, 6.07) is 8.39. The molecular formula is C15H18FN3. The predicted octanol–water partition coefficient (Wildman–Crippen LogP) is 2.81. The Morgan fingerprint density at radius 1 is 1.32 bits per heavy atom. The van der Waals surface area contributed by atoms with Gasteiger partial charge in [0.25, 0.3) is 0 Å². The minimum atomic E-state index is -0.241. The number of aromatic nitrogens is 1. The number of pyridine rings is 1. The van der Waals surface area contributed by atoms with Crippen LogP contribution in [0.3, 0.4) is 0 Å². The van der Waals surface area contributed by atoms with Crippen LogP contribution in [0.5, 0.6) is 0 Å². The zero-order valence-corrected chi connectivity index (χ0v) is 11.2. The fourth-order valence-electron chi connectivity index (χ4n) is 2.10. The molecule has 0 saturated carbocycles. The molecule has 2 rings (SSSR count). The summed E-state index contributed by atoms with van der Waals surface area (Å²) in [6.07, 6.45) is 1.74. The Labute approximate surface area is 112 Å². The number of nitrogens with zero attached hydrogens (tertiary/aromatic N) is 1. The fraction of sp³-hybridized carbons (Fsp3) is 0.267. The van der Waals surface area contributed by atoms with Crippen molar-refractivity contribution in [3.05, 3.63) is 59.0 Å². The van der Waals surface area contributed by atoms with Gasteiger partial charge < -0.3 is 11.1 Å². The van der Waals surface area contributed by atoms with Crippen molar-refractivity contribution in [3.63, 3.8) is 0 Å². The average Bonchev–Trinajstić information content (AvgIpc) is 2.40. The summed E-state index contributed by atoms with van der Waals surface area (Å²) in [6.45, 7) is 4.79. The summed E-state index contributed by atoms with van der Waals surface area (Å²) < 4.78 is 13.0. The Balaban J connectivity index is 2.44. The van der Waals surface area contributed by atoms with Crippen molar-refractivity contribution < 1.29 is 4.39 Å².